The Hall–Kier alpha value is -3.55. The summed E-state index contributed by atoms with van der Waals surface area (Å²) in [6, 6.07) is 10.4. The quantitative estimate of drug-likeness (QED) is 0.705. The third-order valence-corrected chi connectivity index (χ3v) is 4.51. The normalized spacial score (nSPS) is 13.1. The standard InChI is InChI=1S/C20H18FN3O4/c1-11(13-7-9-14(21)10-8-13)22-18(25)12(2)24-19(26)16-6-4-3-5-15(16)17(23-24)20(27)28/h3-12H,1-2H3,(H,22,25)(H,27,28). The first-order valence-corrected chi connectivity index (χ1v) is 8.60. The average Bonchev–Trinajstić information content (AvgIpc) is 2.68. The van der Waals surface area contributed by atoms with E-state index in [0.717, 1.165) is 4.68 Å². The van der Waals surface area contributed by atoms with E-state index in [9.17, 15) is 23.9 Å². The van der Waals surface area contributed by atoms with Crippen molar-refractivity contribution < 1.29 is 19.1 Å². The summed E-state index contributed by atoms with van der Waals surface area (Å²) in [5.41, 5.74) is -0.175. The van der Waals surface area contributed by atoms with E-state index >= 15 is 0 Å². The summed E-state index contributed by atoms with van der Waals surface area (Å²) >= 11 is 0. The number of carbonyl (C=O) groups is 2. The molecule has 8 heteroatoms. The summed E-state index contributed by atoms with van der Waals surface area (Å²) in [4.78, 5) is 36.9. The zero-order valence-electron chi connectivity index (χ0n) is 15.2. The van der Waals surface area contributed by atoms with E-state index in [0.29, 0.717) is 5.56 Å². The van der Waals surface area contributed by atoms with Crippen LogP contribution < -0.4 is 10.9 Å². The number of benzene rings is 2. The van der Waals surface area contributed by atoms with Crippen LogP contribution in [0.5, 0.6) is 0 Å². The van der Waals surface area contributed by atoms with Gasteiger partial charge in [0, 0.05) is 5.39 Å². The predicted molar refractivity (Wildman–Crippen MR) is 101 cm³/mol. The molecule has 0 saturated heterocycles. The molecule has 0 fully saturated rings. The third kappa shape index (κ3) is 3.62. The molecule has 2 unspecified atom stereocenters. The maximum Gasteiger partial charge on any atom is 0.357 e. The van der Waals surface area contributed by atoms with Crippen LogP contribution in [-0.4, -0.2) is 26.8 Å². The molecule has 1 aromatic heterocycles. The molecule has 0 aliphatic carbocycles. The maximum atomic E-state index is 13.1. The van der Waals surface area contributed by atoms with Gasteiger partial charge in [-0.2, -0.15) is 5.10 Å². The minimum atomic E-state index is -1.29. The molecule has 1 heterocycles. The largest absolute Gasteiger partial charge is 0.476 e. The van der Waals surface area contributed by atoms with Crippen molar-refractivity contribution >= 4 is 22.6 Å². The Morgan fingerprint density at radius 3 is 2.29 bits per heavy atom. The van der Waals surface area contributed by atoms with Crippen LogP contribution in [-0.2, 0) is 4.79 Å². The van der Waals surface area contributed by atoms with Crippen molar-refractivity contribution in [1.29, 1.82) is 0 Å². The number of halogens is 1. The minimum Gasteiger partial charge on any atom is -0.476 e. The van der Waals surface area contributed by atoms with Gasteiger partial charge in [0.15, 0.2) is 5.69 Å². The Labute approximate surface area is 159 Å². The number of aromatic carboxylic acids is 1. The zero-order valence-corrected chi connectivity index (χ0v) is 15.2. The highest BCUT2D eigenvalue weighted by Crippen LogP contribution is 2.17. The molecule has 28 heavy (non-hydrogen) atoms. The Kier molecular flexibility index (Phi) is 5.21. The number of carboxylic acid groups (broad SMARTS) is 1. The lowest BCUT2D eigenvalue weighted by molar-refractivity contribution is -0.124. The van der Waals surface area contributed by atoms with Gasteiger partial charge in [0.25, 0.3) is 5.56 Å². The van der Waals surface area contributed by atoms with E-state index in [2.05, 4.69) is 10.4 Å². The second-order valence-electron chi connectivity index (χ2n) is 6.41. The van der Waals surface area contributed by atoms with E-state index in [1.807, 2.05) is 0 Å². The number of hydrogen-bond donors (Lipinski definition) is 2. The van der Waals surface area contributed by atoms with Crippen molar-refractivity contribution in [3.8, 4) is 0 Å². The van der Waals surface area contributed by atoms with Gasteiger partial charge >= 0.3 is 5.97 Å². The van der Waals surface area contributed by atoms with E-state index < -0.39 is 29.5 Å². The lowest BCUT2D eigenvalue weighted by Crippen LogP contribution is -2.39. The number of nitrogens with zero attached hydrogens (tertiary/aromatic N) is 2. The number of carbonyl (C=O) groups excluding carboxylic acids is 1. The van der Waals surface area contributed by atoms with Crippen LogP contribution in [0.3, 0.4) is 0 Å². The van der Waals surface area contributed by atoms with Gasteiger partial charge in [-0.05, 0) is 37.6 Å². The van der Waals surface area contributed by atoms with Crippen LogP contribution in [0, 0.1) is 5.82 Å². The number of amides is 1. The lowest BCUT2D eigenvalue weighted by atomic mass is 10.1. The second-order valence-corrected chi connectivity index (χ2v) is 6.41. The van der Waals surface area contributed by atoms with Crippen molar-refractivity contribution in [1.82, 2.24) is 15.1 Å². The van der Waals surface area contributed by atoms with Gasteiger partial charge in [-0.25, -0.2) is 13.9 Å². The smallest absolute Gasteiger partial charge is 0.357 e. The second kappa shape index (κ2) is 7.59. The molecule has 1 amide bonds. The van der Waals surface area contributed by atoms with Gasteiger partial charge in [-0.15, -0.1) is 0 Å². The summed E-state index contributed by atoms with van der Waals surface area (Å²) in [6.07, 6.45) is 0. The molecule has 0 aliphatic heterocycles. The highest BCUT2D eigenvalue weighted by molar-refractivity contribution is 6.01. The molecule has 3 rings (SSSR count). The van der Waals surface area contributed by atoms with Crippen LogP contribution in [0.25, 0.3) is 10.8 Å². The maximum absolute atomic E-state index is 13.1. The monoisotopic (exact) mass is 383 g/mol. The Balaban J connectivity index is 1.94. The molecule has 2 aromatic carbocycles. The van der Waals surface area contributed by atoms with Crippen LogP contribution in [0.1, 0.15) is 42.0 Å². The van der Waals surface area contributed by atoms with Crippen LogP contribution in [0.15, 0.2) is 53.3 Å². The Morgan fingerprint density at radius 1 is 1.07 bits per heavy atom. The fraction of sp³-hybridized carbons (Fsp3) is 0.200. The van der Waals surface area contributed by atoms with Crippen LogP contribution in [0.4, 0.5) is 4.39 Å². The van der Waals surface area contributed by atoms with E-state index in [1.165, 1.54) is 31.2 Å². The highest BCUT2D eigenvalue weighted by atomic mass is 19.1. The van der Waals surface area contributed by atoms with Crippen molar-refractivity contribution in [2.75, 3.05) is 0 Å². The topological polar surface area (TPSA) is 101 Å². The highest BCUT2D eigenvalue weighted by Gasteiger charge is 2.23. The summed E-state index contributed by atoms with van der Waals surface area (Å²) in [5, 5.41) is 16.4. The number of nitrogens with one attached hydrogen (secondary N) is 1. The molecular weight excluding hydrogens is 365 g/mol. The van der Waals surface area contributed by atoms with E-state index in [-0.39, 0.29) is 22.3 Å². The molecule has 0 aliphatic rings. The SMILES string of the molecule is CC(NC(=O)C(C)n1nc(C(=O)O)c2ccccc2c1=O)c1ccc(F)cc1. The molecule has 7 nitrogen and oxygen atoms in total. The Morgan fingerprint density at radius 2 is 1.68 bits per heavy atom. The lowest BCUT2D eigenvalue weighted by Gasteiger charge is -2.19. The summed E-state index contributed by atoms with van der Waals surface area (Å²) in [6.45, 7) is 3.18. The molecule has 2 N–H and O–H groups in total. The number of fused-ring (bicyclic) bond motifs is 1. The molecule has 144 valence electrons. The van der Waals surface area contributed by atoms with Gasteiger partial charge in [0.2, 0.25) is 5.91 Å². The molecule has 2 atom stereocenters. The van der Waals surface area contributed by atoms with Crippen LogP contribution >= 0.6 is 0 Å². The first-order chi connectivity index (χ1) is 13.3. The third-order valence-electron chi connectivity index (χ3n) is 4.51. The van der Waals surface area contributed by atoms with Gasteiger partial charge in [-0.3, -0.25) is 9.59 Å². The molecule has 0 radical (unpaired) electrons. The van der Waals surface area contributed by atoms with Gasteiger partial charge < -0.3 is 10.4 Å². The summed E-state index contributed by atoms with van der Waals surface area (Å²) < 4.78 is 13.9. The zero-order chi connectivity index (χ0) is 20.4. The fourth-order valence-corrected chi connectivity index (χ4v) is 2.91. The number of hydrogen-bond acceptors (Lipinski definition) is 4. The van der Waals surface area contributed by atoms with Gasteiger partial charge in [0.05, 0.1) is 11.4 Å². The van der Waals surface area contributed by atoms with Crippen molar-refractivity contribution in [3.05, 3.63) is 76.0 Å². The van der Waals surface area contributed by atoms with E-state index in [1.54, 1.807) is 31.2 Å². The molecule has 0 bridgehead atoms. The van der Waals surface area contributed by atoms with Crippen LogP contribution in [0.2, 0.25) is 0 Å². The Bertz CT molecular complexity index is 1110. The number of aromatic nitrogens is 2. The summed E-state index contributed by atoms with van der Waals surface area (Å²) in [5.74, 6) is -2.20. The molecule has 0 saturated carbocycles. The van der Waals surface area contributed by atoms with Crippen molar-refractivity contribution in [3.63, 3.8) is 0 Å². The predicted octanol–water partition coefficient (Wildman–Crippen LogP) is 2.67. The van der Waals surface area contributed by atoms with Gasteiger partial charge in [0.1, 0.15) is 11.9 Å². The van der Waals surface area contributed by atoms with Crippen molar-refractivity contribution in [2.24, 2.45) is 0 Å². The molecule has 0 spiro atoms. The molecule has 3 aromatic rings. The first-order valence-electron chi connectivity index (χ1n) is 8.60. The molecular formula is C20H18FN3O4. The van der Waals surface area contributed by atoms with Gasteiger partial charge in [-0.1, -0.05) is 30.3 Å². The minimum absolute atomic E-state index is 0.168. The van der Waals surface area contributed by atoms with Crippen molar-refractivity contribution in [2.45, 2.75) is 25.9 Å². The fourth-order valence-electron chi connectivity index (χ4n) is 2.91. The summed E-state index contributed by atoms with van der Waals surface area (Å²) in [7, 11) is 0. The number of rotatable bonds is 5. The first kappa shape index (κ1) is 19.2. The number of carboxylic acids is 1. The van der Waals surface area contributed by atoms with E-state index in [4.69, 9.17) is 0 Å². The average molecular weight is 383 g/mol.